The van der Waals surface area contributed by atoms with Gasteiger partial charge in [-0.05, 0) is 31.8 Å². The standard InChI is InChI=1S/C13H30N2/c1-8-13(7,15(9-2)10-3)11(14)12(4,5)6/h11H,8-10,14H2,1-7H3. The molecule has 0 bridgehead atoms. The van der Waals surface area contributed by atoms with Crippen LogP contribution in [-0.4, -0.2) is 29.6 Å². The molecular formula is C13H30N2. The lowest BCUT2D eigenvalue weighted by Crippen LogP contribution is -2.62. The quantitative estimate of drug-likeness (QED) is 0.762. The number of likely N-dealkylation sites (N-methyl/N-ethyl adjacent to an activating group) is 1. The first-order valence-electron chi connectivity index (χ1n) is 6.24. The van der Waals surface area contributed by atoms with Gasteiger partial charge in [-0.3, -0.25) is 4.90 Å². The van der Waals surface area contributed by atoms with Gasteiger partial charge in [-0.1, -0.05) is 41.5 Å². The Balaban J connectivity index is 4.98. The molecule has 2 heteroatoms. The second-order valence-electron chi connectivity index (χ2n) is 5.73. The van der Waals surface area contributed by atoms with Gasteiger partial charge in [0.2, 0.25) is 0 Å². The summed E-state index contributed by atoms with van der Waals surface area (Å²) in [5.74, 6) is 0. The average Bonchev–Trinajstić information content (AvgIpc) is 2.16. The molecule has 2 nitrogen and oxygen atoms in total. The van der Waals surface area contributed by atoms with Gasteiger partial charge in [-0.25, -0.2) is 0 Å². The van der Waals surface area contributed by atoms with Crippen molar-refractivity contribution >= 4 is 0 Å². The van der Waals surface area contributed by atoms with E-state index in [1.54, 1.807) is 0 Å². The Bertz CT molecular complexity index is 179. The summed E-state index contributed by atoms with van der Waals surface area (Å²) in [5.41, 5.74) is 6.72. The van der Waals surface area contributed by atoms with Gasteiger partial charge in [-0.15, -0.1) is 0 Å². The zero-order chi connectivity index (χ0) is 12.3. The smallest absolute Gasteiger partial charge is 0.0334 e. The summed E-state index contributed by atoms with van der Waals surface area (Å²) in [6.45, 7) is 17.8. The van der Waals surface area contributed by atoms with Crippen molar-refractivity contribution in [3.05, 3.63) is 0 Å². The zero-order valence-corrected chi connectivity index (χ0v) is 11.7. The molecule has 15 heavy (non-hydrogen) atoms. The molecule has 92 valence electrons. The maximum Gasteiger partial charge on any atom is 0.0334 e. The fraction of sp³-hybridized carbons (Fsp3) is 1.00. The summed E-state index contributed by atoms with van der Waals surface area (Å²) in [6.07, 6.45) is 1.10. The van der Waals surface area contributed by atoms with Crippen molar-refractivity contribution in [2.45, 2.75) is 66.5 Å². The minimum Gasteiger partial charge on any atom is -0.326 e. The van der Waals surface area contributed by atoms with Crippen molar-refractivity contribution in [2.75, 3.05) is 13.1 Å². The van der Waals surface area contributed by atoms with Gasteiger partial charge >= 0.3 is 0 Å². The van der Waals surface area contributed by atoms with E-state index in [2.05, 4.69) is 53.4 Å². The van der Waals surface area contributed by atoms with E-state index >= 15 is 0 Å². The highest BCUT2D eigenvalue weighted by atomic mass is 15.2. The summed E-state index contributed by atoms with van der Waals surface area (Å²) in [6, 6.07) is 0.204. The molecular weight excluding hydrogens is 184 g/mol. The van der Waals surface area contributed by atoms with Crippen LogP contribution in [0.5, 0.6) is 0 Å². The molecule has 2 unspecified atom stereocenters. The number of nitrogens with two attached hydrogens (primary N) is 1. The largest absolute Gasteiger partial charge is 0.326 e. The van der Waals surface area contributed by atoms with Crippen molar-refractivity contribution < 1.29 is 0 Å². The van der Waals surface area contributed by atoms with Crippen LogP contribution in [0.25, 0.3) is 0 Å². The second kappa shape index (κ2) is 5.31. The number of rotatable bonds is 5. The lowest BCUT2D eigenvalue weighted by Gasteiger charge is -2.49. The van der Waals surface area contributed by atoms with Crippen LogP contribution in [0, 0.1) is 5.41 Å². The zero-order valence-electron chi connectivity index (χ0n) is 11.7. The third kappa shape index (κ3) is 3.18. The average molecular weight is 214 g/mol. The number of nitrogens with zero attached hydrogens (tertiary/aromatic N) is 1. The van der Waals surface area contributed by atoms with Crippen LogP contribution in [0.3, 0.4) is 0 Å². The molecule has 2 N–H and O–H groups in total. The van der Waals surface area contributed by atoms with Gasteiger partial charge in [0.25, 0.3) is 0 Å². The molecule has 0 saturated carbocycles. The molecule has 0 rings (SSSR count). The minimum atomic E-state index is 0.113. The Labute approximate surface area is 96.2 Å². The molecule has 0 fully saturated rings. The first-order valence-corrected chi connectivity index (χ1v) is 6.24. The summed E-state index contributed by atoms with van der Waals surface area (Å²) in [7, 11) is 0. The minimum absolute atomic E-state index is 0.113. The van der Waals surface area contributed by atoms with Crippen molar-refractivity contribution in [1.29, 1.82) is 0 Å². The van der Waals surface area contributed by atoms with Crippen LogP contribution in [0.15, 0.2) is 0 Å². The normalized spacial score (nSPS) is 19.0. The van der Waals surface area contributed by atoms with Gasteiger partial charge in [0.1, 0.15) is 0 Å². The molecule has 0 aliphatic rings. The van der Waals surface area contributed by atoms with E-state index in [1.807, 2.05) is 0 Å². The molecule has 0 aromatic rings. The van der Waals surface area contributed by atoms with Crippen LogP contribution < -0.4 is 5.73 Å². The van der Waals surface area contributed by atoms with Gasteiger partial charge in [0, 0.05) is 11.6 Å². The summed E-state index contributed by atoms with van der Waals surface area (Å²) < 4.78 is 0. The molecule has 0 saturated heterocycles. The Morgan fingerprint density at radius 3 is 1.60 bits per heavy atom. The van der Waals surface area contributed by atoms with E-state index < -0.39 is 0 Å². The Morgan fingerprint density at radius 2 is 1.40 bits per heavy atom. The molecule has 0 heterocycles. The highest BCUT2D eigenvalue weighted by Gasteiger charge is 2.40. The van der Waals surface area contributed by atoms with Gasteiger partial charge in [0.05, 0.1) is 0 Å². The lowest BCUT2D eigenvalue weighted by atomic mass is 9.73. The van der Waals surface area contributed by atoms with Crippen LogP contribution >= 0.6 is 0 Å². The summed E-state index contributed by atoms with van der Waals surface area (Å²) in [5, 5.41) is 0. The summed E-state index contributed by atoms with van der Waals surface area (Å²) >= 11 is 0. The van der Waals surface area contributed by atoms with E-state index in [1.165, 1.54) is 0 Å². The van der Waals surface area contributed by atoms with E-state index in [0.717, 1.165) is 19.5 Å². The first-order chi connectivity index (χ1) is 6.73. The Kier molecular flexibility index (Phi) is 5.28. The fourth-order valence-corrected chi connectivity index (χ4v) is 2.52. The summed E-state index contributed by atoms with van der Waals surface area (Å²) in [4.78, 5) is 2.49. The monoisotopic (exact) mass is 214 g/mol. The SMILES string of the molecule is CCN(CC)C(C)(CC)C(N)C(C)(C)C. The van der Waals surface area contributed by atoms with Gasteiger partial charge < -0.3 is 5.73 Å². The van der Waals surface area contributed by atoms with Crippen LogP contribution in [-0.2, 0) is 0 Å². The van der Waals surface area contributed by atoms with E-state index in [-0.39, 0.29) is 17.0 Å². The second-order valence-corrected chi connectivity index (χ2v) is 5.73. The maximum atomic E-state index is 6.45. The highest BCUT2D eigenvalue weighted by molar-refractivity contribution is 4.99. The van der Waals surface area contributed by atoms with Gasteiger partial charge in [0.15, 0.2) is 0 Å². The molecule has 0 aromatic heterocycles. The maximum absolute atomic E-state index is 6.45. The van der Waals surface area contributed by atoms with Crippen molar-refractivity contribution in [3.63, 3.8) is 0 Å². The molecule has 0 aliphatic heterocycles. The van der Waals surface area contributed by atoms with E-state index in [4.69, 9.17) is 5.73 Å². The molecule has 2 atom stereocenters. The third-order valence-electron chi connectivity index (χ3n) is 3.80. The van der Waals surface area contributed by atoms with Crippen molar-refractivity contribution in [3.8, 4) is 0 Å². The Morgan fingerprint density at radius 1 is 1.00 bits per heavy atom. The van der Waals surface area contributed by atoms with Crippen LogP contribution in [0.4, 0.5) is 0 Å². The lowest BCUT2D eigenvalue weighted by molar-refractivity contribution is 0.0430. The molecule has 0 amide bonds. The predicted molar refractivity (Wildman–Crippen MR) is 69.0 cm³/mol. The fourth-order valence-electron chi connectivity index (χ4n) is 2.52. The molecule has 0 aliphatic carbocycles. The Hall–Kier alpha value is -0.0800. The van der Waals surface area contributed by atoms with Crippen LogP contribution in [0.1, 0.15) is 54.9 Å². The topological polar surface area (TPSA) is 29.3 Å². The van der Waals surface area contributed by atoms with E-state index in [9.17, 15) is 0 Å². The van der Waals surface area contributed by atoms with Crippen molar-refractivity contribution in [2.24, 2.45) is 11.1 Å². The number of hydrogen-bond donors (Lipinski definition) is 1. The predicted octanol–water partition coefficient (Wildman–Crippen LogP) is 2.87. The first kappa shape index (κ1) is 14.9. The van der Waals surface area contributed by atoms with Crippen LogP contribution in [0.2, 0.25) is 0 Å². The molecule has 0 radical (unpaired) electrons. The van der Waals surface area contributed by atoms with Gasteiger partial charge in [-0.2, -0.15) is 0 Å². The van der Waals surface area contributed by atoms with Crippen molar-refractivity contribution in [1.82, 2.24) is 4.90 Å². The number of hydrogen-bond acceptors (Lipinski definition) is 2. The highest BCUT2D eigenvalue weighted by Crippen LogP contribution is 2.32. The third-order valence-corrected chi connectivity index (χ3v) is 3.80. The van der Waals surface area contributed by atoms with E-state index in [0.29, 0.717) is 0 Å². The molecule has 0 spiro atoms. The molecule has 0 aromatic carbocycles.